The van der Waals surface area contributed by atoms with Crippen LogP contribution in [0, 0.1) is 5.21 Å². The van der Waals surface area contributed by atoms with Crippen LogP contribution in [-0.4, -0.2) is 11.6 Å². The highest BCUT2D eigenvalue weighted by molar-refractivity contribution is 6.02. The van der Waals surface area contributed by atoms with Gasteiger partial charge in [-0.05, 0) is 11.6 Å². The van der Waals surface area contributed by atoms with Crippen LogP contribution >= 0.6 is 0 Å². The van der Waals surface area contributed by atoms with Gasteiger partial charge < -0.3 is 5.21 Å². The van der Waals surface area contributed by atoms with E-state index < -0.39 is 0 Å². The first kappa shape index (κ1) is 10.4. The second-order valence-corrected chi connectivity index (χ2v) is 3.46. The Kier molecular flexibility index (Phi) is 2.95. The Bertz CT molecular complexity index is 449. The number of hydrogen-bond donors (Lipinski definition) is 1. The first-order valence-electron chi connectivity index (χ1n) is 4.96. The second kappa shape index (κ2) is 4.57. The summed E-state index contributed by atoms with van der Waals surface area (Å²) in [6.45, 7) is 0. The number of carbonyl (C=O) groups excluding carboxylic acids is 1. The summed E-state index contributed by atoms with van der Waals surface area (Å²) in [5, 5.41) is 14.7. The van der Waals surface area contributed by atoms with E-state index in [1.54, 1.807) is 12.1 Å². The summed E-state index contributed by atoms with van der Waals surface area (Å²) in [5.41, 5.74) is 4.18. The second-order valence-electron chi connectivity index (χ2n) is 3.46. The molecule has 2 rings (SSSR count). The molecule has 16 heavy (non-hydrogen) atoms. The lowest BCUT2D eigenvalue weighted by atomic mass is 10.1. The van der Waals surface area contributed by atoms with E-state index in [0.717, 1.165) is 16.0 Å². The standard InChI is InChI=1S/C11H11N3O2/c15-11-4-3-10(12-13-11)2-1-9-5-7-14(16)8-6-9/h1-2,5-8H,3-4H2,(H,13,15). The zero-order valence-corrected chi connectivity index (χ0v) is 8.59. The van der Waals surface area contributed by atoms with E-state index in [9.17, 15) is 10.0 Å². The first-order valence-corrected chi connectivity index (χ1v) is 4.96. The molecule has 2 heterocycles. The fourth-order valence-corrected chi connectivity index (χ4v) is 1.34. The van der Waals surface area contributed by atoms with Crippen molar-refractivity contribution in [2.75, 3.05) is 0 Å². The maximum Gasteiger partial charge on any atom is 0.240 e. The molecule has 1 aromatic rings. The third kappa shape index (κ3) is 2.66. The average Bonchev–Trinajstić information content (AvgIpc) is 2.30. The van der Waals surface area contributed by atoms with Crippen molar-refractivity contribution in [2.45, 2.75) is 12.8 Å². The Morgan fingerprint density at radius 2 is 2.06 bits per heavy atom. The summed E-state index contributed by atoms with van der Waals surface area (Å²) < 4.78 is 0.732. The molecule has 1 aliphatic rings. The van der Waals surface area contributed by atoms with E-state index in [4.69, 9.17) is 0 Å². The van der Waals surface area contributed by atoms with Gasteiger partial charge in [0.05, 0.1) is 5.71 Å². The molecule has 1 aromatic heterocycles. The molecule has 0 aliphatic carbocycles. The number of nitrogens with zero attached hydrogens (tertiary/aromatic N) is 2. The number of carbonyl (C=O) groups is 1. The Morgan fingerprint density at radius 3 is 2.69 bits per heavy atom. The zero-order chi connectivity index (χ0) is 11.4. The topological polar surface area (TPSA) is 68.4 Å². The van der Waals surface area contributed by atoms with Crippen molar-refractivity contribution in [3.63, 3.8) is 0 Å². The zero-order valence-electron chi connectivity index (χ0n) is 8.59. The van der Waals surface area contributed by atoms with E-state index in [2.05, 4.69) is 10.5 Å². The molecule has 0 saturated carbocycles. The van der Waals surface area contributed by atoms with Crippen LogP contribution in [0.15, 0.2) is 35.7 Å². The molecule has 0 fully saturated rings. The lowest BCUT2D eigenvalue weighted by molar-refractivity contribution is -0.605. The van der Waals surface area contributed by atoms with Gasteiger partial charge in [-0.2, -0.15) is 9.83 Å². The van der Waals surface area contributed by atoms with Gasteiger partial charge in [-0.3, -0.25) is 4.79 Å². The molecule has 1 amide bonds. The largest absolute Gasteiger partial charge is 0.619 e. The quantitative estimate of drug-likeness (QED) is 0.582. The lowest BCUT2D eigenvalue weighted by Crippen LogP contribution is -2.24. The third-order valence-electron chi connectivity index (χ3n) is 2.23. The fourth-order valence-electron chi connectivity index (χ4n) is 1.34. The van der Waals surface area contributed by atoms with Gasteiger partial charge in [0.2, 0.25) is 5.91 Å². The summed E-state index contributed by atoms with van der Waals surface area (Å²) in [4.78, 5) is 10.8. The van der Waals surface area contributed by atoms with Crippen molar-refractivity contribution in [3.05, 3.63) is 41.4 Å². The maximum atomic E-state index is 10.8. The van der Waals surface area contributed by atoms with Crippen molar-refractivity contribution >= 4 is 17.7 Å². The van der Waals surface area contributed by atoms with Crippen LogP contribution in [0.1, 0.15) is 18.4 Å². The highest BCUT2D eigenvalue weighted by Crippen LogP contribution is 2.04. The number of amides is 1. The number of aromatic nitrogens is 1. The first-order chi connectivity index (χ1) is 7.74. The summed E-state index contributed by atoms with van der Waals surface area (Å²) >= 11 is 0. The SMILES string of the molecule is O=C1CCC(C=Cc2cc[n+]([O-])cc2)=NN1. The van der Waals surface area contributed by atoms with Crippen LogP contribution in [0.2, 0.25) is 0 Å². The maximum absolute atomic E-state index is 10.8. The predicted octanol–water partition coefficient (Wildman–Crippen LogP) is 0.599. The van der Waals surface area contributed by atoms with Crippen molar-refractivity contribution in [1.29, 1.82) is 0 Å². The minimum Gasteiger partial charge on any atom is -0.619 e. The van der Waals surface area contributed by atoms with Gasteiger partial charge in [0, 0.05) is 25.0 Å². The normalized spacial score (nSPS) is 16.0. The monoisotopic (exact) mass is 217 g/mol. The number of nitrogens with one attached hydrogen (secondary N) is 1. The fraction of sp³-hybridized carbons (Fsp3) is 0.182. The van der Waals surface area contributed by atoms with Crippen molar-refractivity contribution < 1.29 is 9.52 Å². The van der Waals surface area contributed by atoms with Crippen molar-refractivity contribution in [1.82, 2.24) is 5.43 Å². The van der Waals surface area contributed by atoms with Gasteiger partial charge in [0.15, 0.2) is 12.4 Å². The predicted molar refractivity (Wildman–Crippen MR) is 59.2 cm³/mol. The molecule has 0 saturated heterocycles. The van der Waals surface area contributed by atoms with Gasteiger partial charge in [-0.1, -0.05) is 6.08 Å². The molecule has 0 unspecified atom stereocenters. The van der Waals surface area contributed by atoms with Crippen LogP contribution in [0.3, 0.4) is 0 Å². The molecule has 0 bridgehead atoms. The Hall–Kier alpha value is -2.17. The summed E-state index contributed by atoms with van der Waals surface area (Å²) in [5.74, 6) is -0.0516. The number of hydrogen-bond acceptors (Lipinski definition) is 3. The summed E-state index contributed by atoms with van der Waals surface area (Å²) in [6, 6.07) is 3.43. The van der Waals surface area contributed by atoms with Crippen LogP contribution in [0.25, 0.3) is 6.08 Å². The molecule has 0 aromatic carbocycles. The van der Waals surface area contributed by atoms with Crippen LogP contribution in [0.5, 0.6) is 0 Å². The van der Waals surface area contributed by atoms with Gasteiger partial charge in [-0.15, -0.1) is 0 Å². The van der Waals surface area contributed by atoms with Gasteiger partial charge >= 0.3 is 0 Å². The molecule has 0 radical (unpaired) electrons. The van der Waals surface area contributed by atoms with Crippen LogP contribution < -0.4 is 10.2 Å². The molecule has 0 spiro atoms. The van der Waals surface area contributed by atoms with Gasteiger partial charge in [0.25, 0.3) is 0 Å². The minimum atomic E-state index is -0.0516. The number of pyridine rings is 1. The van der Waals surface area contributed by atoms with Crippen molar-refractivity contribution in [3.8, 4) is 0 Å². The molecule has 5 heteroatoms. The Labute approximate surface area is 92.7 Å². The van der Waals surface area contributed by atoms with Crippen molar-refractivity contribution in [2.24, 2.45) is 5.10 Å². The van der Waals surface area contributed by atoms with Gasteiger partial charge in [-0.25, -0.2) is 5.43 Å². The Morgan fingerprint density at radius 1 is 1.31 bits per heavy atom. The van der Waals surface area contributed by atoms with E-state index in [1.807, 2.05) is 12.2 Å². The summed E-state index contributed by atoms with van der Waals surface area (Å²) in [6.07, 6.45) is 7.68. The third-order valence-corrected chi connectivity index (χ3v) is 2.23. The molecular weight excluding hydrogens is 206 g/mol. The van der Waals surface area contributed by atoms with E-state index in [-0.39, 0.29) is 5.91 Å². The number of rotatable bonds is 2. The van der Waals surface area contributed by atoms with Crippen LogP contribution in [0.4, 0.5) is 0 Å². The average molecular weight is 217 g/mol. The Balaban J connectivity index is 2.04. The molecule has 0 atom stereocenters. The highest BCUT2D eigenvalue weighted by Gasteiger charge is 2.08. The molecular formula is C11H11N3O2. The van der Waals surface area contributed by atoms with E-state index >= 15 is 0 Å². The van der Waals surface area contributed by atoms with Crippen LogP contribution in [-0.2, 0) is 4.79 Å². The smallest absolute Gasteiger partial charge is 0.240 e. The van der Waals surface area contributed by atoms with E-state index in [0.29, 0.717) is 12.8 Å². The highest BCUT2D eigenvalue weighted by atomic mass is 16.5. The lowest BCUT2D eigenvalue weighted by Gasteiger charge is -2.07. The molecule has 82 valence electrons. The number of hydrazone groups is 1. The van der Waals surface area contributed by atoms with E-state index in [1.165, 1.54) is 12.4 Å². The molecule has 1 aliphatic heterocycles. The van der Waals surface area contributed by atoms with Gasteiger partial charge in [0.1, 0.15) is 0 Å². The minimum absolute atomic E-state index is 0.0516. The number of allylic oxidation sites excluding steroid dienone is 1. The molecule has 1 N–H and O–H groups in total. The summed E-state index contributed by atoms with van der Waals surface area (Å²) in [7, 11) is 0. The molecule has 5 nitrogen and oxygen atoms in total.